The van der Waals surface area contributed by atoms with Crippen LogP contribution in [0.15, 0.2) is 64.5 Å². The molecule has 34 heavy (non-hydrogen) atoms. The van der Waals surface area contributed by atoms with E-state index in [9.17, 15) is 18.0 Å². The molecule has 1 atom stereocenters. The van der Waals surface area contributed by atoms with Crippen molar-refractivity contribution in [1.29, 1.82) is 0 Å². The molecule has 0 aromatic heterocycles. The van der Waals surface area contributed by atoms with Crippen LogP contribution in [0.5, 0.6) is 0 Å². The summed E-state index contributed by atoms with van der Waals surface area (Å²) in [5.41, 5.74) is 1.26. The lowest BCUT2D eigenvalue weighted by atomic mass is 9.95. The van der Waals surface area contributed by atoms with Crippen molar-refractivity contribution in [2.75, 3.05) is 18.4 Å². The lowest BCUT2D eigenvalue weighted by Crippen LogP contribution is -2.45. The second-order valence-corrected chi connectivity index (χ2v) is 10.3. The van der Waals surface area contributed by atoms with E-state index in [1.807, 2.05) is 37.3 Å². The minimum Gasteiger partial charge on any atom is -0.341 e. The molecular formula is C25H30N4O4S. The number of carbonyl (C=O) groups is 2. The Labute approximate surface area is 200 Å². The van der Waals surface area contributed by atoms with Crippen molar-refractivity contribution in [3.63, 3.8) is 0 Å². The quantitative estimate of drug-likeness (QED) is 0.632. The maximum Gasteiger partial charge on any atom is 0.263 e. The van der Waals surface area contributed by atoms with Crippen LogP contribution in [0.25, 0.3) is 0 Å². The summed E-state index contributed by atoms with van der Waals surface area (Å²) in [5, 5.41) is 2.94. The van der Waals surface area contributed by atoms with E-state index in [2.05, 4.69) is 15.0 Å². The molecule has 1 fully saturated rings. The Balaban J connectivity index is 1.44. The van der Waals surface area contributed by atoms with E-state index in [1.165, 1.54) is 6.07 Å². The van der Waals surface area contributed by atoms with E-state index in [-0.39, 0.29) is 28.5 Å². The van der Waals surface area contributed by atoms with Gasteiger partial charge >= 0.3 is 0 Å². The Kier molecular flexibility index (Phi) is 7.31. The summed E-state index contributed by atoms with van der Waals surface area (Å²) < 4.78 is 27.4. The summed E-state index contributed by atoms with van der Waals surface area (Å²) in [6, 6.07) is 15.3. The van der Waals surface area contributed by atoms with E-state index in [1.54, 1.807) is 23.1 Å². The molecule has 0 spiro atoms. The van der Waals surface area contributed by atoms with Crippen molar-refractivity contribution >= 4 is 33.4 Å². The van der Waals surface area contributed by atoms with Crippen molar-refractivity contribution in [2.45, 2.75) is 50.0 Å². The predicted octanol–water partition coefficient (Wildman–Crippen LogP) is 3.16. The highest BCUT2D eigenvalue weighted by Crippen LogP contribution is 2.25. The number of carbonyl (C=O) groups excluding carboxylic acids is 2. The maximum absolute atomic E-state index is 13.4. The number of hydrogen-bond acceptors (Lipinski definition) is 5. The van der Waals surface area contributed by atoms with Crippen LogP contribution in [-0.2, 0) is 19.6 Å². The van der Waals surface area contributed by atoms with Crippen LogP contribution in [-0.4, -0.2) is 50.1 Å². The third-order valence-electron chi connectivity index (χ3n) is 6.28. The number of anilines is 1. The number of sulfonamides is 1. The first-order valence-electron chi connectivity index (χ1n) is 11.7. The van der Waals surface area contributed by atoms with Crippen LogP contribution in [0.3, 0.4) is 0 Å². The Bertz CT molecular complexity index is 1170. The molecule has 2 aliphatic rings. The predicted molar refractivity (Wildman–Crippen MR) is 131 cm³/mol. The number of nitrogens with zero attached hydrogens (tertiary/aromatic N) is 2. The zero-order valence-electron chi connectivity index (χ0n) is 19.2. The molecule has 2 heterocycles. The first-order chi connectivity index (χ1) is 16.4. The second kappa shape index (κ2) is 10.4. The van der Waals surface area contributed by atoms with Gasteiger partial charge in [-0.25, -0.2) is 8.42 Å². The number of fused-ring (bicyclic) bond motifs is 1. The van der Waals surface area contributed by atoms with Crippen molar-refractivity contribution in [3.05, 3.63) is 60.2 Å². The van der Waals surface area contributed by atoms with Gasteiger partial charge in [0.15, 0.2) is 0 Å². The molecule has 180 valence electrons. The number of unbranched alkanes of at least 4 members (excludes halogenated alkanes) is 1. The van der Waals surface area contributed by atoms with Gasteiger partial charge in [-0.1, -0.05) is 50.1 Å². The van der Waals surface area contributed by atoms with E-state index in [4.69, 9.17) is 0 Å². The van der Waals surface area contributed by atoms with Gasteiger partial charge in [0.05, 0.1) is 4.90 Å². The van der Waals surface area contributed by atoms with E-state index < -0.39 is 16.1 Å². The van der Waals surface area contributed by atoms with Gasteiger partial charge in [0.25, 0.3) is 10.0 Å². The normalized spacial score (nSPS) is 19.3. The fraction of sp³-hybridized carbons (Fsp3) is 0.400. The van der Waals surface area contributed by atoms with Crippen LogP contribution in [0.1, 0.15) is 44.6 Å². The molecule has 0 bridgehead atoms. The Hall–Kier alpha value is -3.20. The molecule has 0 radical (unpaired) electrons. The molecule has 0 saturated carbocycles. The van der Waals surface area contributed by atoms with Gasteiger partial charge in [-0.15, -0.1) is 0 Å². The van der Waals surface area contributed by atoms with Gasteiger partial charge in [-0.05, 0) is 43.5 Å². The number of amides is 2. The Morgan fingerprint density at radius 2 is 1.76 bits per heavy atom. The number of nitrogens with one attached hydrogen (secondary N) is 2. The van der Waals surface area contributed by atoms with Gasteiger partial charge < -0.3 is 10.2 Å². The van der Waals surface area contributed by atoms with Crippen molar-refractivity contribution in [3.8, 4) is 0 Å². The van der Waals surface area contributed by atoms with E-state index in [0.717, 1.165) is 18.5 Å². The molecule has 4 rings (SSSR count). The van der Waals surface area contributed by atoms with E-state index in [0.29, 0.717) is 37.9 Å². The molecule has 2 aromatic rings. The Morgan fingerprint density at radius 1 is 1.09 bits per heavy atom. The van der Waals surface area contributed by atoms with Gasteiger partial charge in [0, 0.05) is 30.3 Å². The standard InChI is InChI=1S/C25H30N4O4S/c1-2-3-12-21(27-23-20-11-7-8-13-22(20)34(32,33)28-23)25(31)29-16-14-18(15-17-29)24(30)26-19-9-5-4-6-10-19/h4-11,13,18,21H,2-3,12,14-17H2,1H3,(H,26,30)(H,27,28). The number of piperidine rings is 1. The molecule has 0 aliphatic carbocycles. The van der Waals surface area contributed by atoms with Gasteiger partial charge in [0.2, 0.25) is 11.8 Å². The SMILES string of the molecule is CCCCC(N=C1NS(=O)(=O)c2ccccc21)C(=O)N1CCC(C(=O)Nc2ccccc2)CC1. The minimum absolute atomic E-state index is 0.0296. The molecule has 2 amide bonds. The van der Waals surface area contributed by atoms with Gasteiger partial charge in [-0.3, -0.25) is 19.3 Å². The molecule has 2 N–H and O–H groups in total. The first kappa shape index (κ1) is 23.9. The van der Waals surface area contributed by atoms with Crippen LogP contribution < -0.4 is 10.0 Å². The number of likely N-dealkylation sites (tertiary alicyclic amines) is 1. The molecule has 1 unspecified atom stereocenters. The number of benzene rings is 2. The number of aliphatic imine (C=N–C) groups is 1. The second-order valence-electron chi connectivity index (χ2n) is 8.69. The first-order valence-corrected chi connectivity index (χ1v) is 13.2. The van der Waals surface area contributed by atoms with Crippen LogP contribution in [0.4, 0.5) is 5.69 Å². The summed E-state index contributed by atoms with van der Waals surface area (Å²) in [5.74, 6) is -0.0788. The topological polar surface area (TPSA) is 108 Å². The minimum atomic E-state index is -3.66. The van der Waals surface area contributed by atoms with Gasteiger partial charge in [-0.2, -0.15) is 0 Å². The number of amidine groups is 1. The largest absolute Gasteiger partial charge is 0.341 e. The number of para-hydroxylation sites is 1. The molecule has 2 aromatic carbocycles. The highest BCUT2D eigenvalue weighted by atomic mass is 32.2. The number of rotatable bonds is 7. The third-order valence-corrected chi connectivity index (χ3v) is 7.68. The number of hydrogen-bond donors (Lipinski definition) is 2. The molecular weight excluding hydrogens is 452 g/mol. The molecule has 8 nitrogen and oxygen atoms in total. The monoisotopic (exact) mass is 482 g/mol. The van der Waals surface area contributed by atoms with Crippen molar-refractivity contribution in [1.82, 2.24) is 9.62 Å². The van der Waals surface area contributed by atoms with Crippen LogP contribution in [0.2, 0.25) is 0 Å². The fourth-order valence-electron chi connectivity index (χ4n) is 4.36. The summed E-state index contributed by atoms with van der Waals surface area (Å²) >= 11 is 0. The maximum atomic E-state index is 13.4. The average molecular weight is 483 g/mol. The summed E-state index contributed by atoms with van der Waals surface area (Å²) in [6.07, 6.45) is 3.40. The fourth-order valence-corrected chi connectivity index (χ4v) is 5.60. The van der Waals surface area contributed by atoms with Gasteiger partial charge in [0.1, 0.15) is 11.9 Å². The van der Waals surface area contributed by atoms with E-state index >= 15 is 0 Å². The lowest BCUT2D eigenvalue weighted by molar-refractivity contribution is -0.135. The van der Waals surface area contributed by atoms with Crippen LogP contribution >= 0.6 is 0 Å². The molecule has 1 saturated heterocycles. The summed E-state index contributed by atoms with van der Waals surface area (Å²) in [7, 11) is -3.66. The zero-order chi connectivity index (χ0) is 24.1. The highest BCUT2D eigenvalue weighted by Gasteiger charge is 2.34. The molecule has 9 heteroatoms. The smallest absolute Gasteiger partial charge is 0.263 e. The van der Waals surface area contributed by atoms with Crippen LogP contribution in [0, 0.1) is 5.92 Å². The Morgan fingerprint density at radius 3 is 2.47 bits per heavy atom. The van der Waals surface area contributed by atoms with Crippen molar-refractivity contribution in [2.24, 2.45) is 10.9 Å². The van der Waals surface area contributed by atoms with Crippen molar-refractivity contribution < 1.29 is 18.0 Å². The third kappa shape index (κ3) is 5.30. The highest BCUT2D eigenvalue weighted by molar-refractivity contribution is 7.90. The zero-order valence-corrected chi connectivity index (χ0v) is 20.1. The molecule has 2 aliphatic heterocycles. The summed E-state index contributed by atoms with van der Waals surface area (Å²) in [4.78, 5) is 32.5. The lowest BCUT2D eigenvalue weighted by Gasteiger charge is -2.33. The average Bonchev–Trinajstić information content (AvgIpc) is 3.11. The summed E-state index contributed by atoms with van der Waals surface area (Å²) in [6.45, 7) is 2.99.